The fourth-order valence-electron chi connectivity index (χ4n) is 4.60. The molecule has 1 aliphatic rings. The van der Waals surface area contributed by atoms with Gasteiger partial charge in [-0.15, -0.1) is 0 Å². The summed E-state index contributed by atoms with van der Waals surface area (Å²) in [6.45, 7) is 1.79. The van der Waals surface area contributed by atoms with E-state index in [1.165, 1.54) is 0 Å². The Balaban J connectivity index is 1.26. The Kier molecular flexibility index (Phi) is 6.71. The number of benzene rings is 3. The molecule has 1 aromatic heterocycles. The predicted octanol–water partition coefficient (Wildman–Crippen LogP) is 4.81. The molecule has 5 rings (SSSR count). The maximum Gasteiger partial charge on any atom is 0.342 e. The van der Waals surface area contributed by atoms with Crippen molar-refractivity contribution >= 4 is 39.4 Å². The van der Waals surface area contributed by atoms with E-state index in [4.69, 9.17) is 14.5 Å². The van der Waals surface area contributed by atoms with E-state index in [0.717, 1.165) is 58.9 Å². The minimum Gasteiger partial charge on any atom is -0.497 e. The van der Waals surface area contributed by atoms with Gasteiger partial charge in [0.15, 0.2) is 6.61 Å². The molecule has 1 aliphatic heterocycles. The first kappa shape index (κ1) is 23.6. The van der Waals surface area contributed by atoms with Gasteiger partial charge in [0.25, 0.3) is 5.91 Å². The van der Waals surface area contributed by atoms with E-state index in [1.807, 2.05) is 66.7 Å². The summed E-state index contributed by atoms with van der Waals surface area (Å²) in [5, 5.41) is 3.00. The van der Waals surface area contributed by atoms with Crippen LogP contribution in [0.15, 0.2) is 66.7 Å². The molecule has 0 spiro atoms. The highest BCUT2D eigenvalue weighted by atomic mass is 16.5. The number of aromatic nitrogens is 1. The number of pyridine rings is 1. The minimum atomic E-state index is -0.531. The maximum absolute atomic E-state index is 13.1. The number of fused-ring (bicyclic) bond motifs is 2. The van der Waals surface area contributed by atoms with Gasteiger partial charge in [0.1, 0.15) is 17.1 Å². The van der Waals surface area contributed by atoms with Crippen molar-refractivity contribution in [1.82, 2.24) is 9.88 Å². The molecular weight excluding hydrogens is 454 g/mol. The Morgan fingerprint density at radius 1 is 0.944 bits per heavy atom. The van der Waals surface area contributed by atoms with Crippen molar-refractivity contribution in [2.24, 2.45) is 0 Å². The van der Waals surface area contributed by atoms with E-state index in [9.17, 15) is 9.59 Å². The molecule has 1 saturated heterocycles. The molecule has 1 amide bonds. The highest BCUT2D eigenvalue weighted by Gasteiger charge is 2.24. The lowest BCUT2D eigenvalue weighted by Crippen LogP contribution is -2.31. The van der Waals surface area contributed by atoms with Crippen molar-refractivity contribution in [2.75, 3.05) is 38.8 Å². The van der Waals surface area contributed by atoms with Gasteiger partial charge >= 0.3 is 5.97 Å². The zero-order valence-corrected chi connectivity index (χ0v) is 20.6. The van der Waals surface area contributed by atoms with Gasteiger partial charge in [0.2, 0.25) is 0 Å². The standard InChI is InChI=1S/C29H29N3O4/c1-31(18-20-9-10-22-16-24(35-2)12-11-21(22)15-20)27(33)19-36-29(34)25-17-23-7-3-4-8-26(23)30-28(25)32-13-5-6-14-32/h3-4,7-12,15-17H,5-6,13-14,18-19H2,1-2H3. The number of amides is 1. The first-order valence-corrected chi connectivity index (χ1v) is 12.1. The molecule has 2 heterocycles. The van der Waals surface area contributed by atoms with Crippen LogP contribution in [0.4, 0.5) is 5.82 Å². The lowest BCUT2D eigenvalue weighted by molar-refractivity contribution is -0.133. The summed E-state index contributed by atoms with van der Waals surface area (Å²) in [5.74, 6) is 0.634. The second-order valence-corrected chi connectivity index (χ2v) is 9.12. The molecule has 7 nitrogen and oxygen atoms in total. The lowest BCUT2D eigenvalue weighted by Gasteiger charge is -2.21. The van der Waals surface area contributed by atoms with Crippen molar-refractivity contribution in [3.8, 4) is 5.75 Å². The summed E-state index contributed by atoms with van der Waals surface area (Å²) in [6.07, 6.45) is 2.13. The highest BCUT2D eigenvalue weighted by Crippen LogP contribution is 2.27. The molecule has 1 fully saturated rings. The van der Waals surface area contributed by atoms with Crippen molar-refractivity contribution in [2.45, 2.75) is 19.4 Å². The summed E-state index contributed by atoms with van der Waals surface area (Å²) in [4.78, 5) is 34.3. The van der Waals surface area contributed by atoms with E-state index in [2.05, 4.69) is 4.90 Å². The number of esters is 1. The maximum atomic E-state index is 13.1. The largest absolute Gasteiger partial charge is 0.497 e. The van der Waals surface area contributed by atoms with Crippen LogP contribution in [0.2, 0.25) is 0 Å². The van der Waals surface area contributed by atoms with Gasteiger partial charge in [-0.3, -0.25) is 4.79 Å². The van der Waals surface area contributed by atoms with Crippen LogP contribution in [0, 0.1) is 0 Å². The zero-order valence-electron chi connectivity index (χ0n) is 20.6. The van der Waals surface area contributed by atoms with E-state index in [1.54, 1.807) is 19.1 Å². The molecule has 3 aromatic carbocycles. The summed E-state index contributed by atoms with van der Waals surface area (Å²) in [6, 6.07) is 21.5. The number of anilines is 1. The smallest absolute Gasteiger partial charge is 0.342 e. The molecule has 0 radical (unpaired) electrons. The molecule has 0 aliphatic carbocycles. The number of carbonyl (C=O) groups excluding carboxylic acids is 2. The van der Waals surface area contributed by atoms with Crippen molar-refractivity contribution < 1.29 is 19.1 Å². The quantitative estimate of drug-likeness (QED) is 0.351. The van der Waals surface area contributed by atoms with E-state index < -0.39 is 5.97 Å². The normalized spacial score (nSPS) is 13.2. The van der Waals surface area contributed by atoms with Gasteiger partial charge in [-0.05, 0) is 59.5 Å². The van der Waals surface area contributed by atoms with Crippen LogP contribution in [0.5, 0.6) is 5.75 Å². The van der Waals surface area contributed by atoms with Gasteiger partial charge in [-0.2, -0.15) is 0 Å². The van der Waals surface area contributed by atoms with Crippen LogP contribution >= 0.6 is 0 Å². The lowest BCUT2D eigenvalue weighted by atomic mass is 10.1. The fourth-order valence-corrected chi connectivity index (χ4v) is 4.60. The Labute approximate surface area is 210 Å². The number of para-hydroxylation sites is 1. The minimum absolute atomic E-state index is 0.269. The summed E-state index contributed by atoms with van der Waals surface area (Å²) >= 11 is 0. The number of nitrogens with zero attached hydrogens (tertiary/aromatic N) is 3. The topological polar surface area (TPSA) is 72.0 Å². The molecule has 7 heteroatoms. The van der Waals surface area contributed by atoms with E-state index in [0.29, 0.717) is 17.9 Å². The summed E-state index contributed by atoms with van der Waals surface area (Å²) in [5.41, 5.74) is 2.22. The van der Waals surface area contributed by atoms with E-state index >= 15 is 0 Å². The second kappa shape index (κ2) is 10.2. The number of hydrogen-bond acceptors (Lipinski definition) is 6. The van der Waals surface area contributed by atoms with Gasteiger partial charge in [0.05, 0.1) is 12.6 Å². The van der Waals surface area contributed by atoms with Crippen LogP contribution in [-0.2, 0) is 16.1 Å². The van der Waals surface area contributed by atoms with Crippen LogP contribution in [0.1, 0.15) is 28.8 Å². The summed E-state index contributed by atoms with van der Waals surface area (Å²) in [7, 11) is 3.36. The van der Waals surface area contributed by atoms with Gasteiger partial charge in [-0.25, -0.2) is 9.78 Å². The molecule has 0 saturated carbocycles. The molecule has 36 heavy (non-hydrogen) atoms. The number of ether oxygens (including phenoxy) is 2. The average molecular weight is 484 g/mol. The SMILES string of the molecule is COc1ccc2cc(CN(C)C(=O)COC(=O)c3cc4ccccc4nc3N3CCCC3)ccc2c1. The molecule has 0 atom stereocenters. The number of hydrogen-bond donors (Lipinski definition) is 0. The number of likely N-dealkylation sites (N-methyl/N-ethyl adjacent to an activating group) is 1. The first-order valence-electron chi connectivity index (χ1n) is 12.1. The fraction of sp³-hybridized carbons (Fsp3) is 0.276. The Bertz CT molecular complexity index is 1430. The average Bonchev–Trinajstić information content (AvgIpc) is 3.45. The van der Waals surface area contributed by atoms with Gasteiger partial charge < -0.3 is 19.3 Å². The van der Waals surface area contributed by atoms with Gasteiger partial charge in [-0.1, -0.05) is 36.4 Å². The van der Waals surface area contributed by atoms with Crippen molar-refractivity contribution in [3.05, 3.63) is 77.9 Å². The Hall–Kier alpha value is -4.13. The summed E-state index contributed by atoms with van der Waals surface area (Å²) < 4.78 is 10.8. The molecule has 0 bridgehead atoms. The molecular formula is C29H29N3O4. The first-order chi connectivity index (χ1) is 17.5. The third kappa shape index (κ3) is 4.96. The second-order valence-electron chi connectivity index (χ2n) is 9.12. The van der Waals surface area contributed by atoms with Crippen LogP contribution in [0.25, 0.3) is 21.7 Å². The predicted molar refractivity (Wildman–Crippen MR) is 140 cm³/mol. The van der Waals surface area contributed by atoms with Crippen LogP contribution in [-0.4, -0.2) is 55.6 Å². The van der Waals surface area contributed by atoms with E-state index in [-0.39, 0.29) is 12.5 Å². The number of rotatable bonds is 7. The Morgan fingerprint density at radius 2 is 1.69 bits per heavy atom. The van der Waals surface area contributed by atoms with Crippen molar-refractivity contribution in [1.29, 1.82) is 0 Å². The monoisotopic (exact) mass is 483 g/mol. The Morgan fingerprint density at radius 3 is 2.50 bits per heavy atom. The molecule has 4 aromatic rings. The van der Waals surface area contributed by atoms with Crippen LogP contribution < -0.4 is 9.64 Å². The highest BCUT2D eigenvalue weighted by molar-refractivity contribution is 6.00. The molecule has 0 N–H and O–H groups in total. The molecule has 0 unspecified atom stereocenters. The third-order valence-electron chi connectivity index (χ3n) is 6.61. The van der Waals surface area contributed by atoms with Crippen LogP contribution in [0.3, 0.4) is 0 Å². The third-order valence-corrected chi connectivity index (χ3v) is 6.61. The van der Waals surface area contributed by atoms with Crippen molar-refractivity contribution in [3.63, 3.8) is 0 Å². The number of carbonyl (C=O) groups is 2. The zero-order chi connectivity index (χ0) is 25.1. The van der Waals surface area contributed by atoms with Gasteiger partial charge in [0, 0.05) is 32.1 Å². The molecule has 184 valence electrons. The number of methoxy groups -OCH3 is 1.